The van der Waals surface area contributed by atoms with Crippen LogP contribution in [0.1, 0.15) is 5.56 Å². The first kappa shape index (κ1) is 16.5. The van der Waals surface area contributed by atoms with Crippen molar-refractivity contribution in [1.82, 2.24) is 0 Å². The lowest BCUT2D eigenvalue weighted by atomic mass is 10.2. The Morgan fingerprint density at radius 1 is 1.05 bits per heavy atom. The van der Waals surface area contributed by atoms with Crippen molar-refractivity contribution in [3.05, 3.63) is 56.5 Å². The molecule has 0 amide bonds. The summed E-state index contributed by atoms with van der Waals surface area (Å²) in [6.45, 7) is -0.436. The van der Waals surface area contributed by atoms with E-state index in [-0.39, 0.29) is 19.4 Å². The van der Waals surface area contributed by atoms with Gasteiger partial charge in [-0.05, 0) is 67.8 Å². The van der Waals surface area contributed by atoms with Gasteiger partial charge < -0.3 is 5.11 Å². The molecule has 0 aromatic heterocycles. The van der Waals surface area contributed by atoms with Crippen LogP contribution in [0, 0.1) is 11.6 Å². The van der Waals surface area contributed by atoms with E-state index in [9.17, 15) is 17.2 Å². The minimum atomic E-state index is -4.18. The Morgan fingerprint density at radius 2 is 1.71 bits per heavy atom. The summed E-state index contributed by atoms with van der Waals surface area (Å²) >= 11 is 5.80. The van der Waals surface area contributed by atoms with E-state index in [1.807, 2.05) is 0 Å². The number of aliphatic hydroxyl groups excluding tert-OH is 1. The van der Waals surface area contributed by atoms with Crippen LogP contribution in [0.15, 0.2) is 49.1 Å². The summed E-state index contributed by atoms with van der Waals surface area (Å²) in [7, 11) is -4.18. The van der Waals surface area contributed by atoms with E-state index in [0.29, 0.717) is 0 Å². The summed E-state index contributed by atoms with van der Waals surface area (Å²) in [6, 6.07) is 5.42. The third-order valence-electron chi connectivity index (χ3n) is 2.73. The van der Waals surface area contributed by atoms with Gasteiger partial charge in [-0.2, -0.15) is 0 Å². The molecule has 2 aromatic carbocycles. The van der Waals surface area contributed by atoms with Crippen molar-refractivity contribution < 1.29 is 22.3 Å². The van der Waals surface area contributed by atoms with E-state index < -0.39 is 33.0 Å². The lowest BCUT2D eigenvalue weighted by molar-refractivity contribution is 0.281. The number of sulfone groups is 1. The Kier molecular flexibility index (Phi) is 4.82. The largest absolute Gasteiger partial charge is 0.392 e. The number of rotatable bonds is 3. The van der Waals surface area contributed by atoms with Gasteiger partial charge >= 0.3 is 0 Å². The summed E-state index contributed by atoms with van der Waals surface area (Å²) in [5.74, 6) is -1.59. The lowest BCUT2D eigenvalue weighted by Gasteiger charge is -2.09. The second-order valence-electron chi connectivity index (χ2n) is 4.13. The highest BCUT2D eigenvalue weighted by molar-refractivity contribution is 9.10. The highest BCUT2D eigenvalue weighted by Gasteiger charge is 2.25. The molecule has 0 unspecified atom stereocenters. The maximum absolute atomic E-state index is 14.1. The minimum absolute atomic E-state index is 0.0404. The molecule has 2 rings (SSSR count). The van der Waals surface area contributed by atoms with Crippen molar-refractivity contribution in [2.45, 2.75) is 16.4 Å². The smallest absolute Gasteiger partial charge is 0.209 e. The second-order valence-corrected chi connectivity index (χ2v) is 7.75. The molecule has 0 heterocycles. The van der Waals surface area contributed by atoms with Crippen molar-refractivity contribution in [1.29, 1.82) is 0 Å². The van der Waals surface area contributed by atoms with Crippen LogP contribution in [0.3, 0.4) is 0 Å². The molecule has 0 saturated heterocycles. The highest BCUT2D eigenvalue weighted by Crippen LogP contribution is 2.31. The van der Waals surface area contributed by atoms with Crippen molar-refractivity contribution in [3.63, 3.8) is 0 Å². The third-order valence-corrected chi connectivity index (χ3v) is 5.66. The van der Waals surface area contributed by atoms with Crippen molar-refractivity contribution in [2.75, 3.05) is 0 Å². The van der Waals surface area contributed by atoms with Crippen molar-refractivity contribution >= 4 is 41.7 Å². The average Bonchev–Trinajstić information content (AvgIpc) is 2.44. The Bertz CT molecular complexity index is 807. The maximum atomic E-state index is 14.1. The van der Waals surface area contributed by atoms with Gasteiger partial charge in [-0.3, -0.25) is 0 Å². The first-order valence-corrected chi connectivity index (χ1v) is 8.63. The molecule has 0 aliphatic heterocycles. The van der Waals surface area contributed by atoms with Gasteiger partial charge in [0.25, 0.3) is 0 Å². The number of aliphatic hydroxyl groups is 1. The molecular formula is C13H8Br2F2O3S. The van der Waals surface area contributed by atoms with Gasteiger partial charge in [0.05, 0.1) is 20.4 Å². The number of hydrogen-bond acceptors (Lipinski definition) is 3. The molecule has 8 heteroatoms. The van der Waals surface area contributed by atoms with E-state index in [1.54, 1.807) is 0 Å². The number of halogens is 4. The average molecular weight is 442 g/mol. The molecule has 2 aromatic rings. The number of hydrogen-bond donors (Lipinski definition) is 1. The standard InChI is InChI=1S/C13H8Br2F2O3S/c14-9-5-8(1-2-11(9)16)21(19,20)12-4-7(6-18)3-10(15)13(12)17/h1-5,18H,6H2. The van der Waals surface area contributed by atoms with Gasteiger partial charge in [0.2, 0.25) is 9.84 Å². The molecule has 0 aliphatic rings. The molecule has 3 nitrogen and oxygen atoms in total. The molecule has 0 aliphatic carbocycles. The first-order valence-electron chi connectivity index (χ1n) is 5.56. The minimum Gasteiger partial charge on any atom is -0.392 e. The van der Waals surface area contributed by atoms with E-state index >= 15 is 0 Å². The van der Waals surface area contributed by atoms with Gasteiger partial charge in [-0.1, -0.05) is 0 Å². The van der Waals surface area contributed by atoms with Crippen LogP contribution in [-0.2, 0) is 16.4 Å². The van der Waals surface area contributed by atoms with E-state index in [2.05, 4.69) is 31.9 Å². The topological polar surface area (TPSA) is 54.4 Å². The monoisotopic (exact) mass is 440 g/mol. The zero-order valence-corrected chi connectivity index (χ0v) is 14.3. The molecule has 21 heavy (non-hydrogen) atoms. The normalized spacial score (nSPS) is 11.7. The fourth-order valence-corrected chi connectivity index (χ4v) is 4.27. The summed E-state index contributed by atoms with van der Waals surface area (Å²) < 4.78 is 52.1. The molecule has 0 spiro atoms. The van der Waals surface area contributed by atoms with Crippen LogP contribution in [0.25, 0.3) is 0 Å². The molecule has 1 N–H and O–H groups in total. The molecule has 0 atom stereocenters. The van der Waals surface area contributed by atoms with Crippen LogP contribution < -0.4 is 0 Å². The van der Waals surface area contributed by atoms with Crippen LogP contribution in [0.4, 0.5) is 8.78 Å². The Labute approximate surface area is 136 Å². The summed E-state index contributed by atoms with van der Waals surface area (Å²) in [4.78, 5) is -0.837. The van der Waals surface area contributed by atoms with Gasteiger partial charge in [0.15, 0.2) is 5.82 Å². The van der Waals surface area contributed by atoms with Gasteiger partial charge in [-0.25, -0.2) is 17.2 Å². The Morgan fingerprint density at radius 3 is 2.29 bits per heavy atom. The number of benzene rings is 2. The predicted molar refractivity (Wildman–Crippen MR) is 79.6 cm³/mol. The second kappa shape index (κ2) is 6.12. The van der Waals surface area contributed by atoms with Gasteiger partial charge in [0.1, 0.15) is 10.7 Å². The van der Waals surface area contributed by atoms with E-state index in [0.717, 1.165) is 24.3 Å². The molecular weight excluding hydrogens is 434 g/mol. The fourth-order valence-electron chi connectivity index (χ4n) is 1.68. The van der Waals surface area contributed by atoms with Gasteiger partial charge in [-0.15, -0.1) is 0 Å². The Hall–Kier alpha value is -0.830. The molecule has 112 valence electrons. The first-order chi connectivity index (χ1) is 9.77. The summed E-state index contributed by atoms with van der Waals surface area (Å²) in [6.07, 6.45) is 0. The molecule has 0 fully saturated rings. The van der Waals surface area contributed by atoms with E-state index in [1.165, 1.54) is 6.07 Å². The fraction of sp³-hybridized carbons (Fsp3) is 0.0769. The van der Waals surface area contributed by atoms with E-state index in [4.69, 9.17) is 5.11 Å². The zero-order valence-electron chi connectivity index (χ0n) is 10.3. The maximum Gasteiger partial charge on any atom is 0.209 e. The van der Waals surface area contributed by atoms with Crippen LogP contribution in [0.5, 0.6) is 0 Å². The SMILES string of the molecule is O=S(=O)(c1ccc(F)c(Br)c1)c1cc(CO)cc(Br)c1F. The Balaban J connectivity index is 2.69. The third kappa shape index (κ3) is 3.18. The summed E-state index contributed by atoms with van der Waals surface area (Å²) in [5, 5.41) is 9.10. The highest BCUT2D eigenvalue weighted by atomic mass is 79.9. The predicted octanol–water partition coefficient (Wildman–Crippen LogP) is 3.81. The quantitative estimate of drug-likeness (QED) is 0.736. The van der Waals surface area contributed by atoms with Gasteiger partial charge in [0, 0.05) is 0 Å². The van der Waals surface area contributed by atoms with Crippen LogP contribution in [-0.4, -0.2) is 13.5 Å². The lowest BCUT2D eigenvalue weighted by Crippen LogP contribution is -2.07. The van der Waals surface area contributed by atoms with Crippen molar-refractivity contribution in [2.24, 2.45) is 0 Å². The van der Waals surface area contributed by atoms with Crippen molar-refractivity contribution in [3.8, 4) is 0 Å². The molecule has 0 bridgehead atoms. The summed E-state index contributed by atoms with van der Waals surface area (Å²) in [5.41, 5.74) is 0.239. The van der Waals surface area contributed by atoms with Crippen LogP contribution >= 0.6 is 31.9 Å². The van der Waals surface area contributed by atoms with Crippen LogP contribution in [0.2, 0.25) is 0 Å². The molecule has 0 saturated carbocycles. The zero-order chi connectivity index (χ0) is 15.8. The molecule has 0 radical (unpaired) electrons.